The fraction of sp³-hybridized carbons (Fsp3) is 0.467. The van der Waals surface area contributed by atoms with E-state index in [9.17, 15) is 19.7 Å². The van der Waals surface area contributed by atoms with E-state index < -0.39 is 22.8 Å². The van der Waals surface area contributed by atoms with Crippen LogP contribution >= 0.6 is 0 Å². The molecule has 8 heteroatoms. The van der Waals surface area contributed by atoms with Gasteiger partial charge in [-0.3, -0.25) is 19.7 Å². The number of hydrogen-bond acceptors (Lipinski definition) is 7. The third-order valence-corrected chi connectivity index (χ3v) is 3.02. The third kappa shape index (κ3) is 4.94. The molecule has 0 radical (unpaired) electrons. The summed E-state index contributed by atoms with van der Waals surface area (Å²) in [4.78, 5) is 34.2. The van der Waals surface area contributed by atoms with Crippen LogP contribution in [0.25, 0.3) is 0 Å². The van der Waals surface area contributed by atoms with E-state index in [4.69, 9.17) is 14.2 Å². The summed E-state index contributed by atoms with van der Waals surface area (Å²) in [5, 5.41) is 10.9. The highest BCUT2D eigenvalue weighted by atomic mass is 16.6. The molecule has 23 heavy (non-hydrogen) atoms. The lowest BCUT2D eigenvalue weighted by Crippen LogP contribution is -2.30. The summed E-state index contributed by atoms with van der Waals surface area (Å²) in [6.07, 6.45) is 0.00597. The van der Waals surface area contributed by atoms with Crippen LogP contribution in [0.15, 0.2) is 18.2 Å². The third-order valence-electron chi connectivity index (χ3n) is 3.02. The average Bonchev–Trinajstić information content (AvgIpc) is 2.52. The van der Waals surface area contributed by atoms with Crippen LogP contribution in [-0.4, -0.2) is 37.2 Å². The number of carbonyl (C=O) groups excluding carboxylic acids is 2. The first-order chi connectivity index (χ1) is 10.9. The lowest BCUT2D eigenvalue weighted by molar-refractivity contribution is -0.385. The molecule has 0 saturated carbocycles. The van der Waals surface area contributed by atoms with Gasteiger partial charge in [-0.1, -0.05) is 6.07 Å². The fourth-order valence-electron chi connectivity index (χ4n) is 1.98. The van der Waals surface area contributed by atoms with Crippen molar-refractivity contribution in [2.45, 2.75) is 20.3 Å². The fourth-order valence-corrected chi connectivity index (χ4v) is 1.98. The minimum absolute atomic E-state index is 0.00597. The normalized spacial score (nSPS) is 10.3. The highest BCUT2D eigenvalue weighted by Crippen LogP contribution is 2.28. The summed E-state index contributed by atoms with van der Waals surface area (Å²) >= 11 is 0. The Labute approximate surface area is 133 Å². The second-order valence-electron chi connectivity index (χ2n) is 4.52. The molecule has 0 spiro atoms. The van der Waals surface area contributed by atoms with E-state index in [1.54, 1.807) is 13.8 Å². The van der Waals surface area contributed by atoms with Crippen molar-refractivity contribution in [2.75, 3.05) is 20.3 Å². The molecule has 0 atom stereocenters. The van der Waals surface area contributed by atoms with Crippen LogP contribution in [0.3, 0.4) is 0 Å². The summed E-state index contributed by atoms with van der Waals surface area (Å²) in [5.74, 6) is -2.45. The number of methoxy groups -OCH3 is 1. The summed E-state index contributed by atoms with van der Waals surface area (Å²) in [7, 11) is 1.31. The molecule has 0 fully saturated rings. The van der Waals surface area contributed by atoms with Crippen LogP contribution < -0.4 is 4.74 Å². The zero-order chi connectivity index (χ0) is 17.4. The molecular weight excluding hydrogens is 306 g/mol. The first-order valence-electron chi connectivity index (χ1n) is 7.09. The maximum atomic E-state index is 11.9. The molecule has 0 aliphatic rings. The second-order valence-corrected chi connectivity index (χ2v) is 4.52. The van der Waals surface area contributed by atoms with Crippen LogP contribution in [0.5, 0.6) is 5.75 Å². The van der Waals surface area contributed by atoms with Gasteiger partial charge in [0.25, 0.3) is 0 Å². The monoisotopic (exact) mass is 325 g/mol. The SMILES string of the molecule is CCOC(=O)C(Cc1ccc([N+](=O)[O-])c(OC)c1)C(=O)OCC. The molecule has 0 aliphatic heterocycles. The topological polar surface area (TPSA) is 105 Å². The van der Waals surface area contributed by atoms with Crippen molar-refractivity contribution >= 4 is 17.6 Å². The number of hydrogen-bond donors (Lipinski definition) is 0. The zero-order valence-electron chi connectivity index (χ0n) is 13.2. The maximum absolute atomic E-state index is 11.9. The quantitative estimate of drug-likeness (QED) is 0.311. The molecule has 0 saturated heterocycles. The zero-order valence-corrected chi connectivity index (χ0v) is 13.2. The summed E-state index contributed by atoms with van der Waals surface area (Å²) < 4.78 is 14.7. The van der Waals surface area contributed by atoms with Crippen molar-refractivity contribution in [1.29, 1.82) is 0 Å². The van der Waals surface area contributed by atoms with Gasteiger partial charge in [0.05, 0.1) is 25.2 Å². The Bertz CT molecular complexity index is 567. The van der Waals surface area contributed by atoms with Gasteiger partial charge in [0, 0.05) is 6.07 Å². The van der Waals surface area contributed by atoms with E-state index >= 15 is 0 Å². The highest BCUT2D eigenvalue weighted by molar-refractivity contribution is 5.95. The van der Waals surface area contributed by atoms with Gasteiger partial charge in [-0.25, -0.2) is 0 Å². The molecular formula is C15H19NO7. The number of rotatable bonds is 8. The predicted octanol–water partition coefficient (Wildman–Crippen LogP) is 1.89. The summed E-state index contributed by atoms with van der Waals surface area (Å²) in [6.45, 7) is 3.54. The van der Waals surface area contributed by atoms with Gasteiger partial charge in [-0.2, -0.15) is 0 Å². The van der Waals surface area contributed by atoms with Crippen molar-refractivity contribution in [3.63, 3.8) is 0 Å². The maximum Gasteiger partial charge on any atom is 0.320 e. The van der Waals surface area contributed by atoms with E-state index in [-0.39, 0.29) is 31.1 Å². The van der Waals surface area contributed by atoms with E-state index in [0.717, 1.165) is 0 Å². The van der Waals surface area contributed by atoms with Crippen molar-refractivity contribution in [1.82, 2.24) is 0 Å². The van der Waals surface area contributed by atoms with E-state index in [2.05, 4.69) is 0 Å². The lowest BCUT2D eigenvalue weighted by atomic mass is 9.99. The van der Waals surface area contributed by atoms with Crippen molar-refractivity contribution in [3.8, 4) is 5.75 Å². The molecule has 8 nitrogen and oxygen atoms in total. The van der Waals surface area contributed by atoms with Crippen LogP contribution in [0.4, 0.5) is 5.69 Å². The van der Waals surface area contributed by atoms with E-state index in [1.807, 2.05) is 0 Å². The standard InChI is InChI=1S/C15H19NO7/c1-4-22-14(17)11(15(18)23-5-2)8-10-6-7-12(16(19)20)13(9-10)21-3/h6-7,9,11H,4-5,8H2,1-3H3. The minimum atomic E-state index is -1.12. The van der Waals surface area contributed by atoms with Crippen LogP contribution in [0.2, 0.25) is 0 Å². The molecule has 1 aromatic rings. The van der Waals surface area contributed by atoms with Crippen LogP contribution in [-0.2, 0) is 25.5 Å². The molecule has 0 N–H and O–H groups in total. The van der Waals surface area contributed by atoms with E-state index in [0.29, 0.717) is 5.56 Å². The van der Waals surface area contributed by atoms with Crippen molar-refractivity contribution in [3.05, 3.63) is 33.9 Å². The Balaban J connectivity index is 3.05. The minimum Gasteiger partial charge on any atom is -0.490 e. The molecule has 0 unspecified atom stereocenters. The number of nitro benzene ring substituents is 1. The van der Waals surface area contributed by atoms with Gasteiger partial charge in [0.15, 0.2) is 11.7 Å². The second kappa shape index (κ2) is 8.72. The van der Waals surface area contributed by atoms with Gasteiger partial charge in [-0.05, 0) is 31.9 Å². The Kier molecular flexibility index (Phi) is 6.98. The van der Waals surface area contributed by atoms with Crippen LogP contribution in [0, 0.1) is 16.0 Å². The number of nitrogens with zero attached hydrogens (tertiary/aromatic N) is 1. The Morgan fingerprint density at radius 1 is 1.17 bits per heavy atom. The Morgan fingerprint density at radius 2 is 1.74 bits per heavy atom. The van der Waals surface area contributed by atoms with E-state index in [1.165, 1.54) is 25.3 Å². The van der Waals surface area contributed by atoms with Crippen LogP contribution in [0.1, 0.15) is 19.4 Å². The van der Waals surface area contributed by atoms with Gasteiger partial charge >= 0.3 is 17.6 Å². The lowest BCUT2D eigenvalue weighted by Gasteiger charge is -2.14. The Hall–Kier alpha value is -2.64. The highest BCUT2D eigenvalue weighted by Gasteiger charge is 2.30. The van der Waals surface area contributed by atoms with Crippen molar-refractivity contribution in [2.24, 2.45) is 5.92 Å². The number of nitro groups is 1. The summed E-state index contributed by atoms with van der Waals surface area (Å²) in [6, 6.07) is 4.15. The van der Waals surface area contributed by atoms with Gasteiger partial charge in [-0.15, -0.1) is 0 Å². The smallest absolute Gasteiger partial charge is 0.320 e. The van der Waals surface area contributed by atoms with Gasteiger partial charge in [0.1, 0.15) is 0 Å². The molecule has 0 heterocycles. The molecule has 0 bridgehead atoms. The molecule has 0 aliphatic carbocycles. The van der Waals surface area contributed by atoms with Gasteiger partial charge in [0.2, 0.25) is 0 Å². The molecule has 126 valence electrons. The predicted molar refractivity (Wildman–Crippen MR) is 80.1 cm³/mol. The summed E-state index contributed by atoms with van der Waals surface area (Å²) in [5.41, 5.74) is 0.332. The number of esters is 2. The average molecular weight is 325 g/mol. The number of ether oxygens (including phenoxy) is 3. The molecule has 0 aromatic heterocycles. The van der Waals surface area contributed by atoms with Crippen molar-refractivity contribution < 1.29 is 28.7 Å². The Morgan fingerprint density at radius 3 is 2.17 bits per heavy atom. The first kappa shape index (κ1) is 18.4. The number of benzene rings is 1. The molecule has 1 aromatic carbocycles. The molecule has 1 rings (SSSR count). The molecule has 0 amide bonds. The number of carbonyl (C=O) groups is 2. The van der Waals surface area contributed by atoms with Gasteiger partial charge < -0.3 is 14.2 Å². The largest absolute Gasteiger partial charge is 0.490 e. The first-order valence-corrected chi connectivity index (χ1v) is 7.09.